The lowest BCUT2D eigenvalue weighted by Gasteiger charge is -2.27. The molecule has 2 unspecified atom stereocenters. The van der Waals surface area contributed by atoms with Crippen molar-refractivity contribution in [1.82, 2.24) is 5.32 Å². The summed E-state index contributed by atoms with van der Waals surface area (Å²) >= 11 is 5.66. The summed E-state index contributed by atoms with van der Waals surface area (Å²) in [7, 11) is 0. The minimum Gasteiger partial charge on any atom is -0.352 e. The Labute approximate surface area is 91.4 Å². The SMILES string of the molecule is CC(CCl)NC(=O)C1CCCC1(C)C. The summed E-state index contributed by atoms with van der Waals surface area (Å²) in [4.78, 5) is 11.9. The molecule has 1 fully saturated rings. The fourth-order valence-corrected chi connectivity index (χ4v) is 2.27. The first kappa shape index (κ1) is 11.8. The summed E-state index contributed by atoms with van der Waals surface area (Å²) in [6, 6.07) is 0.0839. The van der Waals surface area contributed by atoms with Crippen LogP contribution in [-0.4, -0.2) is 17.8 Å². The van der Waals surface area contributed by atoms with Gasteiger partial charge >= 0.3 is 0 Å². The van der Waals surface area contributed by atoms with Gasteiger partial charge in [0.2, 0.25) is 5.91 Å². The van der Waals surface area contributed by atoms with Crippen molar-refractivity contribution in [2.45, 2.75) is 46.1 Å². The number of alkyl halides is 1. The van der Waals surface area contributed by atoms with Gasteiger partial charge in [0.25, 0.3) is 0 Å². The molecule has 0 bridgehead atoms. The number of hydrogen-bond acceptors (Lipinski definition) is 1. The Bertz CT molecular complexity index is 215. The van der Waals surface area contributed by atoms with Gasteiger partial charge in [0, 0.05) is 17.8 Å². The van der Waals surface area contributed by atoms with Gasteiger partial charge in [-0.2, -0.15) is 0 Å². The number of carbonyl (C=O) groups excluding carboxylic acids is 1. The molecule has 0 aromatic rings. The standard InChI is InChI=1S/C11H20ClNO/c1-8(7-12)13-10(14)9-5-4-6-11(9,2)3/h8-9H,4-7H2,1-3H3,(H,13,14). The average Bonchev–Trinajstić information content (AvgIpc) is 2.45. The first-order valence-electron chi connectivity index (χ1n) is 5.33. The molecule has 0 saturated heterocycles. The van der Waals surface area contributed by atoms with E-state index in [-0.39, 0.29) is 23.3 Å². The number of hydrogen-bond donors (Lipinski definition) is 1. The monoisotopic (exact) mass is 217 g/mol. The third-order valence-corrected chi connectivity index (χ3v) is 3.66. The van der Waals surface area contributed by atoms with E-state index in [1.54, 1.807) is 0 Å². The second-order valence-corrected chi connectivity index (χ2v) is 5.31. The van der Waals surface area contributed by atoms with E-state index in [9.17, 15) is 4.79 Å². The van der Waals surface area contributed by atoms with Crippen molar-refractivity contribution >= 4 is 17.5 Å². The molecular formula is C11H20ClNO. The van der Waals surface area contributed by atoms with Crippen LogP contribution in [0.2, 0.25) is 0 Å². The Balaban J connectivity index is 2.52. The van der Waals surface area contributed by atoms with E-state index in [4.69, 9.17) is 11.6 Å². The van der Waals surface area contributed by atoms with Crippen molar-refractivity contribution in [3.63, 3.8) is 0 Å². The molecular weight excluding hydrogens is 198 g/mol. The smallest absolute Gasteiger partial charge is 0.223 e. The maximum absolute atomic E-state index is 11.9. The van der Waals surface area contributed by atoms with Crippen LogP contribution in [-0.2, 0) is 4.79 Å². The fourth-order valence-electron chi connectivity index (χ4n) is 2.19. The first-order chi connectivity index (χ1) is 6.47. The highest BCUT2D eigenvalue weighted by atomic mass is 35.5. The van der Waals surface area contributed by atoms with Crippen molar-refractivity contribution in [1.29, 1.82) is 0 Å². The van der Waals surface area contributed by atoms with E-state index >= 15 is 0 Å². The molecule has 82 valence electrons. The van der Waals surface area contributed by atoms with Gasteiger partial charge in [-0.1, -0.05) is 20.3 Å². The lowest BCUT2D eigenvalue weighted by atomic mass is 9.81. The quantitative estimate of drug-likeness (QED) is 0.724. The van der Waals surface area contributed by atoms with Crippen molar-refractivity contribution in [2.24, 2.45) is 11.3 Å². The van der Waals surface area contributed by atoms with Crippen molar-refractivity contribution in [3.8, 4) is 0 Å². The molecule has 14 heavy (non-hydrogen) atoms. The minimum atomic E-state index is 0.0839. The number of carbonyl (C=O) groups is 1. The molecule has 1 aliphatic carbocycles. The molecule has 0 radical (unpaired) electrons. The van der Waals surface area contributed by atoms with Crippen LogP contribution in [0.1, 0.15) is 40.0 Å². The normalized spacial score (nSPS) is 27.3. The van der Waals surface area contributed by atoms with E-state index in [0.29, 0.717) is 5.88 Å². The van der Waals surface area contributed by atoms with Gasteiger partial charge in [-0.15, -0.1) is 11.6 Å². The summed E-state index contributed by atoms with van der Waals surface area (Å²) in [6.07, 6.45) is 3.34. The number of nitrogens with one attached hydrogen (secondary N) is 1. The van der Waals surface area contributed by atoms with Crippen LogP contribution in [0.15, 0.2) is 0 Å². The Kier molecular flexibility index (Phi) is 3.82. The Morgan fingerprint density at radius 3 is 2.71 bits per heavy atom. The zero-order valence-electron chi connectivity index (χ0n) is 9.27. The molecule has 0 aromatic heterocycles. The summed E-state index contributed by atoms with van der Waals surface area (Å²) in [6.45, 7) is 6.29. The molecule has 1 rings (SSSR count). The van der Waals surface area contributed by atoms with Crippen LogP contribution in [0.3, 0.4) is 0 Å². The summed E-state index contributed by atoms with van der Waals surface area (Å²) in [5.41, 5.74) is 0.163. The molecule has 0 aromatic carbocycles. The van der Waals surface area contributed by atoms with E-state index in [1.807, 2.05) is 6.92 Å². The number of halogens is 1. The second-order valence-electron chi connectivity index (χ2n) is 5.00. The van der Waals surface area contributed by atoms with Crippen LogP contribution in [0.25, 0.3) is 0 Å². The molecule has 0 aliphatic heterocycles. The molecule has 1 amide bonds. The minimum absolute atomic E-state index is 0.0839. The van der Waals surface area contributed by atoms with E-state index < -0.39 is 0 Å². The van der Waals surface area contributed by atoms with Crippen LogP contribution in [0.5, 0.6) is 0 Å². The lowest BCUT2D eigenvalue weighted by Crippen LogP contribution is -2.41. The van der Waals surface area contributed by atoms with Gasteiger partial charge in [-0.3, -0.25) is 4.79 Å². The molecule has 0 heterocycles. The van der Waals surface area contributed by atoms with Crippen molar-refractivity contribution < 1.29 is 4.79 Å². The summed E-state index contributed by atoms with van der Waals surface area (Å²) in [5.74, 6) is 0.840. The summed E-state index contributed by atoms with van der Waals surface area (Å²) < 4.78 is 0. The molecule has 0 spiro atoms. The molecule has 2 nitrogen and oxygen atoms in total. The zero-order chi connectivity index (χ0) is 10.8. The third-order valence-electron chi connectivity index (χ3n) is 3.19. The topological polar surface area (TPSA) is 29.1 Å². The highest BCUT2D eigenvalue weighted by Crippen LogP contribution is 2.42. The van der Waals surface area contributed by atoms with Gasteiger partial charge in [-0.25, -0.2) is 0 Å². The van der Waals surface area contributed by atoms with Crippen molar-refractivity contribution in [2.75, 3.05) is 5.88 Å². The van der Waals surface area contributed by atoms with Gasteiger partial charge in [0.05, 0.1) is 0 Å². The van der Waals surface area contributed by atoms with Crippen LogP contribution < -0.4 is 5.32 Å². The predicted molar refractivity (Wildman–Crippen MR) is 59.4 cm³/mol. The van der Waals surface area contributed by atoms with E-state index in [2.05, 4.69) is 19.2 Å². The maximum atomic E-state index is 11.9. The highest BCUT2D eigenvalue weighted by Gasteiger charge is 2.39. The van der Waals surface area contributed by atoms with Crippen LogP contribution >= 0.6 is 11.6 Å². The van der Waals surface area contributed by atoms with E-state index in [0.717, 1.165) is 12.8 Å². The van der Waals surface area contributed by atoms with Gasteiger partial charge in [0.1, 0.15) is 0 Å². The zero-order valence-corrected chi connectivity index (χ0v) is 10.0. The summed E-state index contributed by atoms with van der Waals surface area (Å²) in [5, 5.41) is 2.96. The van der Waals surface area contributed by atoms with E-state index in [1.165, 1.54) is 6.42 Å². The van der Waals surface area contributed by atoms with Gasteiger partial charge in [0.15, 0.2) is 0 Å². The molecule has 3 heteroatoms. The third kappa shape index (κ3) is 2.63. The molecule has 2 atom stereocenters. The molecule has 1 aliphatic rings. The van der Waals surface area contributed by atoms with Gasteiger partial charge < -0.3 is 5.32 Å². The molecule has 1 N–H and O–H groups in total. The Morgan fingerprint density at radius 1 is 1.64 bits per heavy atom. The lowest BCUT2D eigenvalue weighted by molar-refractivity contribution is -0.128. The fraction of sp³-hybridized carbons (Fsp3) is 0.909. The maximum Gasteiger partial charge on any atom is 0.223 e. The van der Waals surface area contributed by atoms with Crippen LogP contribution in [0.4, 0.5) is 0 Å². The number of amides is 1. The van der Waals surface area contributed by atoms with Crippen molar-refractivity contribution in [3.05, 3.63) is 0 Å². The average molecular weight is 218 g/mol. The second kappa shape index (κ2) is 4.52. The molecule has 1 saturated carbocycles. The largest absolute Gasteiger partial charge is 0.352 e. The predicted octanol–water partition coefficient (Wildman–Crippen LogP) is 2.56. The number of rotatable bonds is 3. The Morgan fingerprint density at radius 2 is 2.29 bits per heavy atom. The Hall–Kier alpha value is -0.240. The van der Waals surface area contributed by atoms with Crippen LogP contribution in [0, 0.1) is 11.3 Å². The highest BCUT2D eigenvalue weighted by molar-refractivity contribution is 6.18. The van der Waals surface area contributed by atoms with Gasteiger partial charge in [-0.05, 0) is 25.2 Å². The first-order valence-corrected chi connectivity index (χ1v) is 5.87.